The monoisotopic (exact) mass is 531 g/mol. The van der Waals surface area contributed by atoms with E-state index in [4.69, 9.17) is 0 Å². The van der Waals surface area contributed by atoms with Crippen LogP contribution in [0, 0.1) is 0 Å². The fourth-order valence-corrected chi connectivity index (χ4v) is 5.23. The summed E-state index contributed by atoms with van der Waals surface area (Å²) >= 11 is 0. The fourth-order valence-electron chi connectivity index (χ4n) is 5.23. The van der Waals surface area contributed by atoms with Gasteiger partial charge in [0.25, 0.3) is 0 Å². The van der Waals surface area contributed by atoms with E-state index in [1.165, 1.54) is 0 Å². The zero-order chi connectivity index (χ0) is 27.8. The van der Waals surface area contributed by atoms with E-state index < -0.39 is 17.9 Å². The van der Waals surface area contributed by atoms with Gasteiger partial charge in [-0.05, 0) is 54.2 Å². The molecule has 0 aromatic heterocycles. The molecule has 1 aliphatic rings. The lowest BCUT2D eigenvalue weighted by Crippen LogP contribution is -2.50. The van der Waals surface area contributed by atoms with Gasteiger partial charge in [0.1, 0.15) is 0 Å². The van der Waals surface area contributed by atoms with Crippen LogP contribution in [0.15, 0.2) is 72.8 Å². The Bertz CT molecular complexity index is 1160. The molecule has 0 spiro atoms. The third-order valence-corrected chi connectivity index (χ3v) is 7.19. The van der Waals surface area contributed by atoms with Crippen molar-refractivity contribution in [2.75, 3.05) is 0 Å². The fraction of sp³-hybridized carbons (Fsp3) is 0.300. The zero-order valence-corrected chi connectivity index (χ0v) is 21.5. The SMILES string of the molecule is O=C(O)c1ccccc1CNC1CC(NCc2ccccc2C(=O)O)CC(NCc2ccccc2C(=O)O)C1. The first-order chi connectivity index (χ1) is 18.8. The van der Waals surface area contributed by atoms with Crippen LogP contribution in [0.1, 0.15) is 67.0 Å². The van der Waals surface area contributed by atoms with Crippen LogP contribution < -0.4 is 16.0 Å². The highest BCUT2D eigenvalue weighted by Gasteiger charge is 2.29. The molecule has 1 aliphatic carbocycles. The second kappa shape index (κ2) is 13.1. The summed E-state index contributed by atoms with van der Waals surface area (Å²) in [6.45, 7) is 1.20. The number of carboxylic acid groups (broad SMARTS) is 3. The van der Waals surface area contributed by atoms with Crippen LogP contribution in [0.5, 0.6) is 0 Å². The number of aromatic carboxylic acids is 3. The molecule has 0 saturated heterocycles. The summed E-state index contributed by atoms with van der Waals surface area (Å²) in [6.07, 6.45) is 2.32. The highest BCUT2D eigenvalue weighted by Crippen LogP contribution is 2.22. The molecule has 0 aliphatic heterocycles. The molecule has 1 saturated carbocycles. The van der Waals surface area contributed by atoms with Crippen molar-refractivity contribution >= 4 is 17.9 Å². The molecule has 1 fully saturated rings. The molecule has 0 bridgehead atoms. The van der Waals surface area contributed by atoms with E-state index >= 15 is 0 Å². The van der Waals surface area contributed by atoms with Gasteiger partial charge in [0.2, 0.25) is 0 Å². The number of carboxylic acids is 3. The molecule has 0 heterocycles. The number of nitrogens with one attached hydrogen (secondary N) is 3. The second-order valence-corrected chi connectivity index (χ2v) is 9.83. The molecule has 9 nitrogen and oxygen atoms in total. The quantitative estimate of drug-likeness (QED) is 0.206. The highest BCUT2D eigenvalue weighted by molar-refractivity contribution is 5.90. The maximum absolute atomic E-state index is 11.6. The van der Waals surface area contributed by atoms with Crippen LogP contribution >= 0.6 is 0 Å². The van der Waals surface area contributed by atoms with Gasteiger partial charge in [-0.1, -0.05) is 54.6 Å². The van der Waals surface area contributed by atoms with Gasteiger partial charge < -0.3 is 31.3 Å². The van der Waals surface area contributed by atoms with Crippen molar-refractivity contribution in [3.8, 4) is 0 Å². The van der Waals surface area contributed by atoms with Gasteiger partial charge >= 0.3 is 17.9 Å². The van der Waals surface area contributed by atoms with Gasteiger partial charge in [0.05, 0.1) is 16.7 Å². The number of carbonyl (C=O) groups is 3. The molecule has 39 heavy (non-hydrogen) atoms. The van der Waals surface area contributed by atoms with Crippen LogP contribution in [-0.2, 0) is 19.6 Å². The molecule has 0 unspecified atom stereocenters. The Hall–Kier alpha value is -4.05. The van der Waals surface area contributed by atoms with Crippen molar-refractivity contribution in [2.24, 2.45) is 0 Å². The maximum atomic E-state index is 11.6. The van der Waals surface area contributed by atoms with Gasteiger partial charge in [0.15, 0.2) is 0 Å². The number of hydrogen-bond acceptors (Lipinski definition) is 6. The molecular weight excluding hydrogens is 498 g/mol. The summed E-state index contributed by atoms with van der Waals surface area (Å²) in [5, 5.41) is 39.2. The lowest BCUT2D eigenvalue weighted by molar-refractivity contribution is 0.0684. The van der Waals surface area contributed by atoms with Gasteiger partial charge in [0, 0.05) is 37.8 Å². The van der Waals surface area contributed by atoms with E-state index in [1.54, 1.807) is 54.6 Å². The summed E-state index contributed by atoms with van der Waals surface area (Å²) in [6, 6.07) is 20.9. The van der Waals surface area contributed by atoms with E-state index in [1.807, 2.05) is 18.2 Å². The third kappa shape index (κ3) is 7.51. The first kappa shape index (κ1) is 28.0. The first-order valence-corrected chi connectivity index (χ1v) is 13.0. The predicted octanol–water partition coefficient (Wildman–Crippen LogP) is 3.74. The lowest BCUT2D eigenvalue weighted by Gasteiger charge is -2.37. The summed E-state index contributed by atoms with van der Waals surface area (Å²) < 4.78 is 0. The van der Waals surface area contributed by atoms with Crippen LogP contribution in [-0.4, -0.2) is 51.4 Å². The number of benzene rings is 3. The van der Waals surface area contributed by atoms with Crippen molar-refractivity contribution in [1.29, 1.82) is 0 Å². The Morgan fingerprint density at radius 1 is 0.513 bits per heavy atom. The van der Waals surface area contributed by atoms with Crippen LogP contribution in [0.3, 0.4) is 0 Å². The van der Waals surface area contributed by atoms with E-state index in [9.17, 15) is 29.7 Å². The van der Waals surface area contributed by atoms with Crippen molar-refractivity contribution < 1.29 is 29.7 Å². The Balaban J connectivity index is 1.46. The van der Waals surface area contributed by atoms with Gasteiger partial charge in [-0.2, -0.15) is 0 Å². The molecule has 204 valence electrons. The second-order valence-electron chi connectivity index (χ2n) is 9.83. The van der Waals surface area contributed by atoms with Crippen LogP contribution in [0.2, 0.25) is 0 Å². The zero-order valence-electron chi connectivity index (χ0n) is 21.5. The van der Waals surface area contributed by atoms with Crippen LogP contribution in [0.25, 0.3) is 0 Å². The van der Waals surface area contributed by atoms with E-state index in [2.05, 4.69) is 16.0 Å². The average molecular weight is 532 g/mol. The lowest BCUT2D eigenvalue weighted by atomic mass is 9.86. The van der Waals surface area contributed by atoms with Crippen molar-refractivity contribution in [3.05, 3.63) is 106 Å². The number of rotatable bonds is 12. The van der Waals surface area contributed by atoms with E-state index in [0.717, 1.165) is 19.3 Å². The topological polar surface area (TPSA) is 148 Å². The molecule has 0 amide bonds. The minimum atomic E-state index is -0.968. The molecule has 4 rings (SSSR count). The van der Waals surface area contributed by atoms with Crippen LogP contribution in [0.4, 0.5) is 0 Å². The summed E-state index contributed by atoms with van der Waals surface area (Å²) in [5.41, 5.74) is 2.91. The Morgan fingerprint density at radius 2 is 0.769 bits per heavy atom. The smallest absolute Gasteiger partial charge is 0.336 e. The minimum Gasteiger partial charge on any atom is -0.478 e. The molecular formula is C30H33N3O6. The van der Waals surface area contributed by atoms with Crippen molar-refractivity contribution in [3.63, 3.8) is 0 Å². The third-order valence-electron chi connectivity index (χ3n) is 7.19. The normalized spacial score (nSPS) is 18.9. The summed E-state index contributed by atoms with van der Waals surface area (Å²) in [5.74, 6) is -2.90. The van der Waals surface area contributed by atoms with Gasteiger partial charge in [-0.25, -0.2) is 14.4 Å². The largest absolute Gasteiger partial charge is 0.478 e. The molecule has 6 N–H and O–H groups in total. The van der Waals surface area contributed by atoms with Crippen molar-refractivity contribution in [1.82, 2.24) is 16.0 Å². The Morgan fingerprint density at radius 3 is 1.03 bits per heavy atom. The number of hydrogen-bond donors (Lipinski definition) is 6. The first-order valence-electron chi connectivity index (χ1n) is 13.0. The predicted molar refractivity (Wildman–Crippen MR) is 146 cm³/mol. The average Bonchev–Trinajstić information content (AvgIpc) is 2.94. The summed E-state index contributed by atoms with van der Waals surface area (Å²) in [7, 11) is 0. The molecule has 0 atom stereocenters. The standard InChI is InChI=1S/C30H33N3O6/c34-28(35)25-10-4-1-7-19(25)16-31-22-13-23(32-17-20-8-2-5-11-26(20)29(36)37)15-24(14-22)33-18-21-9-3-6-12-27(21)30(38)39/h1-12,22-24,31-33H,13-18H2,(H,34,35)(H,36,37)(H,38,39). The molecule has 3 aromatic rings. The van der Waals surface area contributed by atoms with Gasteiger partial charge in [-0.3, -0.25) is 0 Å². The Labute approximate surface area is 226 Å². The minimum absolute atomic E-state index is 0.0556. The highest BCUT2D eigenvalue weighted by atomic mass is 16.4. The Kier molecular flexibility index (Phi) is 9.43. The molecule has 3 aromatic carbocycles. The maximum Gasteiger partial charge on any atom is 0.336 e. The van der Waals surface area contributed by atoms with Gasteiger partial charge in [-0.15, -0.1) is 0 Å². The molecule has 0 radical (unpaired) electrons. The van der Waals surface area contributed by atoms with Crippen molar-refractivity contribution in [2.45, 2.75) is 57.0 Å². The summed E-state index contributed by atoms with van der Waals surface area (Å²) in [4.78, 5) is 34.9. The van der Waals surface area contributed by atoms with E-state index in [0.29, 0.717) is 36.3 Å². The van der Waals surface area contributed by atoms with E-state index in [-0.39, 0.29) is 34.8 Å². The molecule has 9 heteroatoms.